The van der Waals surface area contributed by atoms with Gasteiger partial charge in [-0.1, -0.05) is 0 Å². The number of halogens is 3. The zero-order valence-electron chi connectivity index (χ0n) is 7.66. The van der Waals surface area contributed by atoms with Crippen molar-refractivity contribution in [3.63, 3.8) is 0 Å². The van der Waals surface area contributed by atoms with Gasteiger partial charge in [-0.15, -0.1) is 0 Å². The molecule has 1 heterocycles. The minimum Gasteiger partial charge on any atom is -0.317 e. The lowest BCUT2D eigenvalue weighted by atomic mass is 9.95. The van der Waals surface area contributed by atoms with Gasteiger partial charge in [0.25, 0.3) is 0 Å². The van der Waals surface area contributed by atoms with Gasteiger partial charge in [-0.3, -0.25) is 0 Å². The summed E-state index contributed by atoms with van der Waals surface area (Å²) in [7, 11) is 0. The Labute approximate surface area is 76.7 Å². The minimum absolute atomic E-state index is 0.275. The molecule has 0 spiro atoms. The quantitative estimate of drug-likeness (QED) is 0.714. The highest BCUT2D eigenvalue weighted by molar-refractivity contribution is 4.68. The Morgan fingerprint density at radius 2 is 1.92 bits per heavy atom. The van der Waals surface area contributed by atoms with Crippen molar-refractivity contribution in [3.05, 3.63) is 0 Å². The molecule has 4 heteroatoms. The van der Waals surface area contributed by atoms with Gasteiger partial charge in [0, 0.05) is 6.42 Å². The molecule has 1 fully saturated rings. The van der Waals surface area contributed by atoms with Crippen LogP contribution in [0.3, 0.4) is 0 Å². The normalized spacial score (nSPS) is 25.6. The van der Waals surface area contributed by atoms with Crippen molar-refractivity contribution < 1.29 is 13.2 Å². The first-order valence-electron chi connectivity index (χ1n) is 4.85. The highest BCUT2D eigenvalue weighted by atomic mass is 19.4. The summed E-state index contributed by atoms with van der Waals surface area (Å²) in [6, 6.07) is 0. The SMILES string of the molecule is FC(F)(F)CCC1CCCNCC1. The molecule has 1 aliphatic heterocycles. The molecular weight excluding hydrogens is 179 g/mol. The molecule has 1 atom stereocenters. The Kier molecular flexibility index (Phi) is 4.03. The molecule has 1 saturated heterocycles. The molecule has 0 radical (unpaired) electrons. The number of alkyl halides is 3. The molecule has 78 valence electrons. The number of rotatable bonds is 2. The molecule has 1 N–H and O–H groups in total. The van der Waals surface area contributed by atoms with E-state index in [4.69, 9.17) is 0 Å². The van der Waals surface area contributed by atoms with E-state index in [2.05, 4.69) is 5.32 Å². The maximum atomic E-state index is 11.9. The van der Waals surface area contributed by atoms with Crippen LogP contribution in [0, 0.1) is 5.92 Å². The number of hydrogen-bond donors (Lipinski definition) is 1. The van der Waals surface area contributed by atoms with Crippen molar-refractivity contribution >= 4 is 0 Å². The molecule has 0 bridgehead atoms. The van der Waals surface area contributed by atoms with E-state index in [9.17, 15) is 13.2 Å². The molecule has 1 aliphatic rings. The van der Waals surface area contributed by atoms with Gasteiger partial charge in [-0.05, 0) is 44.7 Å². The Hall–Kier alpha value is -0.250. The fourth-order valence-corrected chi connectivity index (χ4v) is 1.75. The van der Waals surface area contributed by atoms with E-state index >= 15 is 0 Å². The second-order valence-electron chi connectivity index (χ2n) is 3.70. The third kappa shape index (κ3) is 5.13. The van der Waals surface area contributed by atoms with Crippen LogP contribution >= 0.6 is 0 Å². The summed E-state index contributed by atoms with van der Waals surface area (Å²) in [5.41, 5.74) is 0. The standard InChI is InChI=1S/C9H16F3N/c10-9(11,12)5-3-8-2-1-6-13-7-4-8/h8,13H,1-7H2. The molecule has 0 amide bonds. The van der Waals surface area contributed by atoms with Crippen molar-refractivity contribution in [1.82, 2.24) is 5.32 Å². The number of hydrogen-bond acceptors (Lipinski definition) is 1. The van der Waals surface area contributed by atoms with Crippen LogP contribution in [0.25, 0.3) is 0 Å². The van der Waals surface area contributed by atoms with E-state index in [1.807, 2.05) is 0 Å². The van der Waals surface area contributed by atoms with Gasteiger partial charge < -0.3 is 5.32 Å². The van der Waals surface area contributed by atoms with E-state index in [1.165, 1.54) is 0 Å². The first kappa shape index (κ1) is 10.8. The first-order chi connectivity index (χ1) is 6.08. The van der Waals surface area contributed by atoms with Gasteiger partial charge in [-0.25, -0.2) is 0 Å². The van der Waals surface area contributed by atoms with Crippen LogP contribution in [0.15, 0.2) is 0 Å². The molecule has 0 aromatic rings. The van der Waals surface area contributed by atoms with Crippen molar-refractivity contribution in [2.45, 2.75) is 38.3 Å². The summed E-state index contributed by atoms with van der Waals surface area (Å²) < 4.78 is 35.7. The van der Waals surface area contributed by atoms with Crippen molar-refractivity contribution in [2.24, 2.45) is 5.92 Å². The Morgan fingerprint density at radius 1 is 1.15 bits per heavy atom. The van der Waals surface area contributed by atoms with Gasteiger partial charge in [0.15, 0.2) is 0 Å². The van der Waals surface area contributed by atoms with Gasteiger partial charge in [0.05, 0.1) is 0 Å². The van der Waals surface area contributed by atoms with E-state index in [0.29, 0.717) is 6.42 Å². The molecule has 0 aromatic carbocycles. The Balaban J connectivity index is 2.19. The average Bonchev–Trinajstić information content (AvgIpc) is 2.26. The summed E-state index contributed by atoms with van der Waals surface area (Å²) >= 11 is 0. The summed E-state index contributed by atoms with van der Waals surface area (Å²) in [4.78, 5) is 0. The summed E-state index contributed by atoms with van der Waals surface area (Å²) in [6.07, 6.45) is -1.41. The lowest BCUT2D eigenvalue weighted by Gasteiger charge is -2.14. The maximum Gasteiger partial charge on any atom is 0.389 e. The molecule has 0 aromatic heterocycles. The topological polar surface area (TPSA) is 12.0 Å². The first-order valence-corrected chi connectivity index (χ1v) is 4.85. The van der Waals surface area contributed by atoms with Crippen LogP contribution in [0.4, 0.5) is 13.2 Å². The zero-order chi connectivity index (χ0) is 9.73. The lowest BCUT2D eigenvalue weighted by molar-refractivity contribution is -0.137. The van der Waals surface area contributed by atoms with Crippen LogP contribution in [-0.4, -0.2) is 19.3 Å². The summed E-state index contributed by atoms with van der Waals surface area (Å²) in [6.45, 7) is 1.84. The highest BCUT2D eigenvalue weighted by Gasteiger charge is 2.28. The third-order valence-corrected chi connectivity index (χ3v) is 2.53. The fraction of sp³-hybridized carbons (Fsp3) is 1.00. The predicted octanol–water partition coefficient (Wildman–Crippen LogP) is 2.72. The van der Waals surface area contributed by atoms with Crippen LogP contribution in [0.2, 0.25) is 0 Å². The van der Waals surface area contributed by atoms with Gasteiger partial charge in [0.1, 0.15) is 0 Å². The molecule has 1 rings (SSSR count). The minimum atomic E-state index is -3.97. The van der Waals surface area contributed by atoms with Crippen LogP contribution in [-0.2, 0) is 0 Å². The molecule has 0 aliphatic carbocycles. The second-order valence-corrected chi connectivity index (χ2v) is 3.70. The predicted molar refractivity (Wildman–Crippen MR) is 45.5 cm³/mol. The fourth-order valence-electron chi connectivity index (χ4n) is 1.75. The largest absolute Gasteiger partial charge is 0.389 e. The molecule has 13 heavy (non-hydrogen) atoms. The van der Waals surface area contributed by atoms with E-state index in [0.717, 1.165) is 32.4 Å². The van der Waals surface area contributed by atoms with Gasteiger partial charge >= 0.3 is 6.18 Å². The van der Waals surface area contributed by atoms with Crippen molar-refractivity contribution in [3.8, 4) is 0 Å². The Bertz CT molecular complexity index is 136. The van der Waals surface area contributed by atoms with Crippen LogP contribution in [0.5, 0.6) is 0 Å². The van der Waals surface area contributed by atoms with Crippen LogP contribution < -0.4 is 5.32 Å². The zero-order valence-corrected chi connectivity index (χ0v) is 7.66. The average molecular weight is 195 g/mol. The van der Waals surface area contributed by atoms with Crippen molar-refractivity contribution in [2.75, 3.05) is 13.1 Å². The monoisotopic (exact) mass is 195 g/mol. The molecule has 0 saturated carbocycles. The lowest BCUT2D eigenvalue weighted by Crippen LogP contribution is -2.15. The van der Waals surface area contributed by atoms with Crippen LogP contribution in [0.1, 0.15) is 32.1 Å². The van der Waals surface area contributed by atoms with Crippen molar-refractivity contribution in [1.29, 1.82) is 0 Å². The van der Waals surface area contributed by atoms with Gasteiger partial charge in [-0.2, -0.15) is 13.2 Å². The Morgan fingerprint density at radius 3 is 2.62 bits per heavy atom. The van der Waals surface area contributed by atoms with Gasteiger partial charge in [0.2, 0.25) is 0 Å². The summed E-state index contributed by atoms with van der Waals surface area (Å²) in [5, 5.41) is 3.19. The smallest absolute Gasteiger partial charge is 0.317 e. The molecule has 1 nitrogen and oxygen atoms in total. The van der Waals surface area contributed by atoms with E-state index in [1.54, 1.807) is 0 Å². The third-order valence-electron chi connectivity index (χ3n) is 2.53. The number of nitrogens with one attached hydrogen (secondary N) is 1. The highest BCUT2D eigenvalue weighted by Crippen LogP contribution is 2.27. The van der Waals surface area contributed by atoms with E-state index < -0.39 is 12.6 Å². The molecule has 1 unspecified atom stereocenters. The second kappa shape index (κ2) is 4.84. The maximum absolute atomic E-state index is 11.9. The summed E-state index contributed by atoms with van der Waals surface area (Å²) in [5.74, 6) is 0.275. The van der Waals surface area contributed by atoms with E-state index in [-0.39, 0.29) is 5.92 Å². The molecular formula is C9H16F3N.